The summed E-state index contributed by atoms with van der Waals surface area (Å²) in [7, 11) is 0. The molecule has 0 radical (unpaired) electrons. The van der Waals surface area contributed by atoms with Crippen LogP contribution in [0, 0.1) is 0 Å². The monoisotopic (exact) mass is 343 g/mol. The molecule has 0 bridgehead atoms. The highest BCUT2D eigenvalue weighted by atomic mass is 32.1. The predicted molar refractivity (Wildman–Crippen MR) is 94.5 cm³/mol. The van der Waals surface area contributed by atoms with E-state index in [9.17, 15) is 4.79 Å². The summed E-state index contributed by atoms with van der Waals surface area (Å²) in [6, 6.07) is 5.85. The fourth-order valence-electron chi connectivity index (χ4n) is 2.21. The van der Waals surface area contributed by atoms with Crippen LogP contribution >= 0.6 is 22.7 Å². The van der Waals surface area contributed by atoms with Gasteiger partial charge < -0.3 is 5.32 Å². The number of hydrogen-bond donors (Lipinski definition) is 1. The Hall–Kier alpha value is -2.05. The number of carbonyl (C=O) groups is 1. The van der Waals surface area contributed by atoms with Crippen molar-refractivity contribution in [3.8, 4) is 11.3 Å². The van der Waals surface area contributed by atoms with Gasteiger partial charge in [0.1, 0.15) is 5.01 Å². The molecule has 1 amide bonds. The molecule has 1 N–H and O–H groups in total. The molecule has 0 aliphatic heterocycles. The Kier molecular flexibility index (Phi) is 5.15. The van der Waals surface area contributed by atoms with Crippen LogP contribution in [0.3, 0.4) is 0 Å². The Morgan fingerprint density at radius 3 is 2.83 bits per heavy atom. The Bertz CT molecular complexity index is 753. The molecule has 4 nitrogen and oxygen atoms in total. The van der Waals surface area contributed by atoms with E-state index in [0.29, 0.717) is 6.42 Å². The van der Waals surface area contributed by atoms with E-state index in [-0.39, 0.29) is 11.9 Å². The zero-order chi connectivity index (χ0) is 16.1. The minimum atomic E-state index is -0.0782. The van der Waals surface area contributed by atoms with Crippen molar-refractivity contribution < 1.29 is 4.79 Å². The molecule has 0 fully saturated rings. The smallest absolute Gasteiger partial charge is 0.220 e. The lowest BCUT2D eigenvalue weighted by Crippen LogP contribution is -2.26. The van der Waals surface area contributed by atoms with Crippen molar-refractivity contribution in [2.75, 3.05) is 0 Å². The summed E-state index contributed by atoms with van der Waals surface area (Å²) in [6.07, 6.45) is 4.79. The van der Waals surface area contributed by atoms with Crippen molar-refractivity contribution in [3.63, 3.8) is 0 Å². The number of rotatable bonds is 6. The SMILES string of the molecule is CC(NC(=O)CCc1ccsc1)c1nc(-c2ccncc2)cs1. The van der Waals surface area contributed by atoms with E-state index in [4.69, 9.17) is 0 Å². The summed E-state index contributed by atoms with van der Waals surface area (Å²) in [4.78, 5) is 20.7. The summed E-state index contributed by atoms with van der Waals surface area (Å²) in [6.45, 7) is 1.97. The number of carbonyl (C=O) groups excluding carboxylic acids is 1. The van der Waals surface area contributed by atoms with E-state index in [0.717, 1.165) is 22.7 Å². The molecule has 3 aromatic rings. The number of aromatic nitrogens is 2. The van der Waals surface area contributed by atoms with Gasteiger partial charge in [0.25, 0.3) is 0 Å². The van der Waals surface area contributed by atoms with Gasteiger partial charge in [0.15, 0.2) is 0 Å². The molecule has 3 heterocycles. The Morgan fingerprint density at radius 1 is 1.26 bits per heavy atom. The quantitative estimate of drug-likeness (QED) is 0.734. The van der Waals surface area contributed by atoms with Crippen LogP contribution in [0.4, 0.5) is 0 Å². The normalized spacial score (nSPS) is 12.0. The number of pyridine rings is 1. The largest absolute Gasteiger partial charge is 0.347 e. The molecular formula is C17H17N3OS2. The van der Waals surface area contributed by atoms with Gasteiger partial charge in [0.05, 0.1) is 11.7 Å². The van der Waals surface area contributed by atoms with Crippen LogP contribution in [0.15, 0.2) is 46.7 Å². The predicted octanol–water partition coefficient (Wildman–Crippen LogP) is 4.08. The lowest BCUT2D eigenvalue weighted by Gasteiger charge is -2.11. The number of nitrogens with zero attached hydrogens (tertiary/aromatic N) is 2. The maximum absolute atomic E-state index is 12.1. The third kappa shape index (κ3) is 4.24. The third-order valence-corrected chi connectivity index (χ3v) is 5.23. The maximum Gasteiger partial charge on any atom is 0.220 e. The van der Waals surface area contributed by atoms with Gasteiger partial charge in [-0.15, -0.1) is 11.3 Å². The molecule has 1 unspecified atom stereocenters. The molecule has 1 atom stereocenters. The molecule has 23 heavy (non-hydrogen) atoms. The van der Waals surface area contributed by atoms with Crippen LogP contribution in [0.25, 0.3) is 11.3 Å². The standard InChI is InChI=1S/C17H17N3OS2/c1-12(19-16(21)3-2-13-6-9-22-10-13)17-20-15(11-23-17)14-4-7-18-8-5-14/h4-12H,2-3H2,1H3,(H,19,21). The van der Waals surface area contributed by atoms with Gasteiger partial charge in [-0.05, 0) is 47.9 Å². The van der Waals surface area contributed by atoms with Crippen molar-refractivity contribution in [1.29, 1.82) is 0 Å². The highest BCUT2D eigenvalue weighted by Crippen LogP contribution is 2.25. The summed E-state index contributed by atoms with van der Waals surface area (Å²) >= 11 is 3.22. The number of thiophene rings is 1. The van der Waals surface area contributed by atoms with E-state index in [2.05, 4.69) is 26.7 Å². The van der Waals surface area contributed by atoms with Crippen molar-refractivity contribution in [2.24, 2.45) is 0 Å². The number of hydrogen-bond acceptors (Lipinski definition) is 5. The lowest BCUT2D eigenvalue weighted by atomic mass is 10.2. The minimum absolute atomic E-state index is 0.0596. The van der Waals surface area contributed by atoms with Gasteiger partial charge in [-0.25, -0.2) is 4.98 Å². The molecule has 0 aliphatic rings. The second-order valence-electron chi connectivity index (χ2n) is 5.23. The summed E-state index contributed by atoms with van der Waals surface area (Å²) in [5, 5.41) is 10.1. The molecule has 0 spiro atoms. The average Bonchev–Trinajstić information content (AvgIpc) is 3.25. The molecule has 3 aromatic heterocycles. The van der Waals surface area contributed by atoms with Crippen molar-refractivity contribution in [2.45, 2.75) is 25.8 Å². The number of nitrogens with one attached hydrogen (secondary N) is 1. The van der Waals surface area contributed by atoms with Gasteiger partial charge in [-0.2, -0.15) is 11.3 Å². The molecule has 118 valence electrons. The number of thiazole rings is 1. The van der Waals surface area contributed by atoms with Crippen LogP contribution in [-0.2, 0) is 11.2 Å². The molecule has 3 rings (SSSR count). The van der Waals surface area contributed by atoms with Crippen LogP contribution < -0.4 is 5.32 Å². The van der Waals surface area contributed by atoms with Crippen LogP contribution in [0.2, 0.25) is 0 Å². The summed E-state index contributed by atoms with van der Waals surface area (Å²) in [5.74, 6) is 0.0596. The van der Waals surface area contributed by atoms with Crippen molar-refractivity contribution in [3.05, 3.63) is 57.3 Å². The molecule has 0 saturated heterocycles. The minimum Gasteiger partial charge on any atom is -0.347 e. The average molecular weight is 343 g/mol. The number of amides is 1. The van der Waals surface area contributed by atoms with Gasteiger partial charge in [-0.3, -0.25) is 9.78 Å². The summed E-state index contributed by atoms with van der Waals surface area (Å²) in [5.41, 5.74) is 3.18. The molecular weight excluding hydrogens is 326 g/mol. The van der Waals surface area contributed by atoms with Crippen molar-refractivity contribution >= 4 is 28.6 Å². The first kappa shape index (κ1) is 15.8. The molecule has 6 heteroatoms. The fraction of sp³-hybridized carbons (Fsp3) is 0.235. The van der Waals surface area contributed by atoms with E-state index in [1.807, 2.05) is 29.8 Å². The molecule has 0 saturated carbocycles. The third-order valence-electron chi connectivity index (χ3n) is 3.47. The first-order valence-corrected chi connectivity index (χ1v) is 9.21. The van der Waals surface area contributed by atoms with E-state index in [1.165, 1.54) is 5.56 Å². The number of aryl methyl sites for hydroxylation is 1. The first-order valence-electron chi connectivity index (χ1n) is 7.38. The van der Waals surface area contributed by atoms with Gasteiger partial charge >= 0.3 is 0 Å². The molecule has 0 aromatic carbocycles. The molecule has 0 aliphatic carbocycles. The van der Waals surface area contributed by atoms with Crippen LogP contribution in [-0.4, -0.2) is 15.9 Å². The Balaban J connectivity index is 1.57. The lowest BCUT2D eigenvalue weighted by molar-refractivity contribution is -0.121. The van der Waals surface area contributed by atoms with Gasteiger partial charge in [0, 0.05) is 29.8 Å². The van der Waals surface area contributed by atoms with Crippen molar-refractivity contribution in [1.82, 2.24) is 15.3 Å². The second kappa shape index (κ2) is 7.48. The second-order valence-corrected chi connectivity index (χ2v) is 6.90. The fourth-order valence-corrected chi connectivity index (χ4v) is 3.75. The Labute approximate surface area is 143 Å². The topological polar surface area (TPSA) is 54.9 Å². The van der Waals surface area contributed by atoms with Gasteiger partial charge in [0.2, 0.25) is 5.91 Å². The summed E-state index contributed by atoms with van der Waals surface area (Å²) < 4.78 is 0. The first-order chi connectivity index (χ1) is 11.2. The van der Waals surface area contributed by atoms with E-state index in [1.54, 1.807) is 35.1 Å². The van der Waals surface area contributed by atoms with E-state index >= 15 is 0 Å². The van der Waals surface area contributed by atoms with Crippen LogP contribution in [0.5, 0.6) is 0 Å². The zero-order valence-electron chi connectivity index (χ0n) is 12.7. The highest BCUT2D eigenvalue weighted by molar-refractivity contribution is 7.10. The maximum atomic E-state index is 12.1. The highest BCUT2D eigenvalue weighted by Gasteiger charge is 2.14. The van der Waals surface area contributed by atoms with E-state index < -0.39 is 0 Å². The Morgan fingerprint density at radius 2 is 2.09 bits per heavy atom. The van der Waals surface area contributed by atoms with Crippen LogP contribution in [0.1, 0.15) is 30.0 Å². The van der Waals surface area contributed by atoms with Gasteiger partial charge in [-0.1, -0.05) is 0 Å². The zero-order valence-corrected chi connectivity index (χ0v) is 14.4.